The Labute approximate surface area is 223 Å². The lowest BCUT2D eigenvalue weighted by molar-refractivity contribution is -0.137. The molecule has 3 N–H and O–H groups in total. The van der Waals surface area contributed by atoms with Gasteiger partial charge in [-0.3, -0.25) is 9.36 Å². The molecule has 0 radical (unpaired) electrons. The number of hydrogen-bond acceptors (Lipinski definition) is 7. The highest BCUT2D eigenvalue weighted by atomic mass is 19.4. The molecule has 0 spiro atoms. The van der Waals surface area contributed by atoms with Gasteiger partial charge in [0, 0.05) is 61.2 Å². The fourth-order valence-corrected chi connectivity index (χ4v) is 3.90. The Morgan fingerprint density at radius 1 is 1.05 bits per heavy atom. The van der Waals surface area contributed by atoms with E-state index in [2.05, 4.69) is 30.9 Å². The highest BCUT2D eigenvalue weighted by Gasteiger charge is 2.32. The lowest BCUT2D eigenvalue weighted by Gasteiger charge is -2.18. The van der Waals surface area contributed by atoms with Crippen LogP contribution in [0.3, 0.4) is 0 Å². The van der Waals surface area contributed by atoms with Gasteiger partial charge in [-0.25, -0.2) is 15.0 Å². The average Bonchev–Trinajstić information content (AvgIpc) is 3.59. The molecule has 1 aliphatic carbocycles. The number of hydrogen-bond donors (Lipinski definition) is 3. The van der Waals surface area contributed by atoms with Crippen molar-refractivity contribution in [1.29, 1.82) is 0 Å². The topological polar surface area (TPSA) is 100 Å². The molecule has 1 saturated carbocycles. The number of amides is 1. The molecule has 2 aromatic carbocycles. The molecule has 0 atom stereocenters. The number of alkyl halides is 3. The number of nitrogens with one attached hydrogen (secondary N) is 3. The molecule has 0 aliphatic heterocycles. The van der Waals surface area contributed by atoms with Gasteiger partial charge in [-0.05, 0) is 55.7 Å². The van der Waals surface area contributed by atoms with Gasteiger partial charge in [-0.2, -0.15) is 13.2 Å². The van der Waals surface area contributed by atoms with Crippen LogP contribution in [0, 0.1) is 6.92 Å². The van der Waals surface area contributed by atoms with Crippen molar-refractivity contribution in [2.75, 3.05) is 34.9 Å². The Morgan fingerprint density at radius 2 is 1.85 bits per heavy atom. The maximum atomic E-state index is 13.5. The SMILES string of the molecule is Cc1ccc(Nc2nccn2-c2cc(NC3CC3)ncn2)cc1NC(=O)c1cc(N(C)C)cc(C(F)(F)F)c1. The van der Waals surface area contributed by atoms with Crippen LogP contribution < -0.4 is 20.9 Å². The molecule has 0 bridgehead atoms. The first kappa shape index (κ1) is 26.0. The van der Waals surface area contributed by atoms with Crippen LogP contribution in [0.25, 0.3) is 5.82 Å². The number of aromatic nitrogens is 4. The summed E-state index contributed by atoms with van der Waals surface area (Å²) in [4.78, 5) is 27.6. The van der Waals surface area contributed by atoms with Gasteiger partial charge in [0.2, 0.25) is 5.95 Å². The molecule has 1 amide bonds. The largest absolute Gasteiger partial charge is 0.416 e. The molecule has 5 rings (SSSR count). The summed E-state index contributed by atoms with van der Waals surface area (Å²) >= 11 is 0. The molecule has 1 aliphatic rings. The third-order valence-electron chi connectivity index (χ3n) is 6.24. The second-order valence-corrected chi connectivity index (χ2v) is 9.57. The monoisotopic (exact) mass is 536 g/mol. The number of nitrogens with zero attached hydrogens (tertiary/aromatic N) is 5. The van der Waals surface area contributed by atoms with Crippen LogP contribution in [0.5, 0.6) is 0 Å². The van der Waals surface area contributed by atoms with Crippen molar-refractivity contribution in [3.63, 3.8) is 0 Å². The van der Waals surface area contributed by atoms with E-state index in [-0.39, 0.29) is 11.3 Å². The van der Waals surface area contributed by atoms with E-state index in [1.54, 1.807) is 50.1 Å². The highest BCUT2D eigenvalue weighted by molar-refractivity contribution is 6.05. The number of imidazole rings is 1. The summed E-state index contributed by atoms with van der Waals surface area (Å²) in [6.07, 6.45) is 2.53. The molecule has 0 saturated heterocycles. The van der Waals surface area contributed by atoms with Gasteiger partial charge in [0.15, 0.2) is 0 Å². The summed E-state index contributed by atoms with van der Waals surface area (Å²) in [5.41, 5.74) is 1.09. The smallest absolute Gasteiger partial charge is 0.378 e. The zero-order valence-corrected chi connectivity index (χ0v) is 21.5. The number of anilines is 5. The first-order valence-electron chi connectivity index (χ1n) is 12.3. The molecular formula is C27H27F3N8O. The Morgan fingerprint density at radius 3 is 2.56 bits per heavy atom. The quantitative estimate of drug-likeness (QED) is 0.269. The molecule has 12 heteroatoms. The van der Waals surface area contributed by atoms with E-state index in [0.717, 1.165) is 36.4 Å². The van der Waals surface area contributed by atoms with Gasteiger partial charge >= 0.3 is 6.18 Å². The molecule has 39 heavy (non-hydrogen) atoms. The molecule has 2 aromatic heterocycles. The van der Waals surface area contributed by atoms with Crippen molar-refractivity contribution in [1.82, 2.24) is 19.5 Å². The third-order valence-corrected chi connectivity index (χ3v) is 6.24. The second-order valence-electron chi connectivity index (χ2n) is 9.57. The van der Waals surface area contributed by atoms with Gasteiger partial charge in [-0.1, -0.05) is 6.07 Å². The van der Waals surface area contributed by atoms with E-state index in [1.165, 1.54) is 17.3 Å². The van der Waals surface area contributed by atoms with Crippen LogP contribution in [0.1, 0.15) is 34.3 Å². The van der Waals surface area contributed by atoms with E-state index in [1.807, 2.05) is 12.1 Å². The van der Waals surface area contributed by atoms with Gasteiger partial charge in [0.1, 0.15) is 18.0 Å². The third kappa shape index (κ3) is 6.11. The van der Waals surface area contributed by atoms with Crippen LogP contribution in [-0.2, 0) is 6.18 Å². The number of rotatable bonds is 8. The highest BCUT2D eigenvalue weighted by Crippen LogP contribution is 2.33. The number of halogens is 3. The van der Waals surface area contributed by atoms with Crippen molar-refractivity contribution in [2.45, 2.75) is 32.0 Å². The summed E-state index contributed by atoms with van der Waals surface area (Å²) in [5.74, 6) is 1.19. The number of benzene rings is 2. The number of aryl methyl sites for hydroxylation is 1. The number of carbonyl (C=O) groups excluding carboxylic acids is 1. The first-order chi connectivity index (χ1) is 18.6. The summed E-state index contributed by atoms with van der Waals surface area (Å²) in [6, 6.07) is 10.9. The molecular weight excluding hydrogens is 509 g/mol. The summed E-state index contributed by atoms with van der Waals surface area (Å²) in [6.45, 7) is 1.80. The maximum absolute atomic E-state index is 13.5. The lowest BCUT2D eigenvalue weighted by Crippen LogP contribution is -2.17. The standard InChI is InChI=1S/C27H27F3N8O/c1-16-4-5-20(35-26-31-8-9-38(26)24-14-23(32-15-33-24)34-19-6-7-19)13-22(16)36-25(39)17-10-18(27(28,29)30)12-21(11-17)37(2)3/h4-5,8-15,19H,6-7H2,1-3H3,(H,31,35)(H,36,39)(H,32,33,34). The van der Waals surface area contributed by atoms with E-state index in [4.69, 9.17) is 0 Å². The zero-order chi connectivity index (χ0) is 27.7. The van der Waals surface area contributed by atoms with Crippen molar-refractivity contribution in [3.8, 4) is 5.82 Å². The minimum absolute atomic E-state index is 0.0961. The Bertz CT molecular complexity index is 1510. The summed E-state index contributed by atoms with van der Waals surface area (Å²) < 4.78 is 42.1. The van der Waals surface area contributed by atoms with Crippen LogP contribution in [-0.4, -0.2) is 45.6 Å². The lowest BCUT2D eigenvalue weighted by atomic mass is 10.1. The van der Waals surface area contributed by atoms with Crippen molar-refractivity contribution in [2.24, 2.45) is 0 Å². The van der Waals surface area contributed by atoms with Crippen LogP contribution in [0.4, 0.5) is 42.0 Å². The van der Waals surface area contributed by atoms with E-state index in [9.17, 15) is 18.0 Å². The van der Waals surface area contributed by atoms with Gasteiger partial charge in [0.25, 0.3) is 5.91 Å². The maximum Gasteiger partial charge on any atom is 0.416 e. The minimum atomic E-state index is -4.58. The van der Waals surface area contributed by atoms with Crippen LogP contribution >= 0.6 is 0 Å². The van der Waals surface area contributed by atoms with Gasteiger partial charge in [-0.15, -0.1) is 0 Å². The van der Waals surface area contributed by atoms with Crippen LogP contribution in [0.2, 0.25) is 0 Å². The van der Waals surface area contributed by atoms with Crippen molar-refractivity contribution < 1.29 is 18.0 Å². The Hall–Kier alpha value is -4.61. The Balaban J connectivity index is 1.37. The predicted molar refractivity (Wildman–Crippen MR) is 144 cm³/mol. The molecule has 4 aromatic rings. The average molecular weight is 537 g/mol. The van der Waals surface area contributed by atoms with Crippen molar-refractivity contribution in [3.05, 3.63) is 77.9 Å². The molecule has 202 valence electrons. The molecule has 1 fully saturated rings. The van der Waals surface area contributed by atoms with E-state index >= 15 is 0 Å². The minimum Gasteiger partial charge on any atom is -0.378 e. The van der Waals surface area contributed by atoms with Gasteiger partial charge < -0.3 is 20.9 Å². The summed E-state index contributed by atoms with van der Waals surface area (Å²) in [5, 5.41) is 9.31. The molecule has 9 nitrogen and oxygen atoms in total. The van der Waals surface area contributed by atoms with Gasteiger partial charge in [0.05, 0.1) is 5.56 Å². The normalized spacial score (nSPS) is 13.2. The second kappa shape index (κ2) is 10.3. The first-order valence-corrected chi connectivity index (χ1v) is 12.3. The predicted octanol–water partition coefficient (Wildman–Crippen LogP) is 5.63. The number of carbonyl (C=O) groups is 1. The zero-order valence-electron chi connectivity index (χ0n) is 21.5. The Kier molecular flexibility index (Phi) is 6.85. The van der Waals surface area contributed by atoms with Crippen LogP contribution in [0.15, 0.2) is 61.2 Å². The molecule has 2 heterocycles. The van der Waals surface area contributed by atoms with E-state index in [0.29, 0.717) is 29.2 Å². The molecule has 0 unspecified atom stereocenters. The fraction of sp³-hybridized carbons (Fsp3) is 0.259. The van der Waals surface area contributed by atoms with Crippen molar-refractivity contribution >= 4 is 34.7 Å². The summed E-state index contributed by atoms with van der Waals surface area (Å²) in [7, 11) is 3.23. The van der Waals surface area contributed by atoms with E-state index < -0.39 is 17.6 Å². The fourth-order valence-electron chi connectivity index (χ4n) is 3.90.